The number of amides is 1. The number of thioether (sulfide) groups is 1. The summed E-state index contributed by atoms with van der Waals surface area (Å²) in [6, 6.07) is 15.5. The number of carbonyl (C=O) groups is 1. The standard InChI is InChI=1S/C21H19N3O3S/c1-14-6-8-15(9-7-14)26-11-10-22-18(25)12-28-21-20-19(23-13-24-21)16-4-2-3-5-17(16)27-20/h2-9,13H,10-12H2,1H3,(H,22,25). The van der Waals surface area contributed by atoms with Gasteiger partial charge in [-0.05, 0) is 31.2 Å². The summed E-state index contributed by atoms with van der Waals surface area (Å²) in [4.78, 5) is 20.7. The number of aryl methyl sites for hydroxylation is 1. The summed E-state index contributed by atoms with van der Waals surface area (Å²) in [5.41, 5.74) is 3.32. The zero-order chi connectivity index (χ0) is 19.3. The number of furan rings is 1. The molecule has 142 valence electrons. The number of ether oxygens (including phenoxy) is 1. The third-order valence-electron chi connectivity index (χ3n) is 4.18. The molecule has 1 N–H and O–H groups in total. The van der Waals surface area contributed by atoms with Crippen LogP contribution in [0.2, 0.25) is 0 Å². The van der Waals surface area contributed by atoms with Crippen molar-refractivity contribution in [1.82, 2.24) is 15.3 Å². The second-order valence-corrected chi connectivity index (χ2v) is 7.22. The summed E-state index contributed by atoms with van der Waals surface area (Å²) in [7, 11) is 0. The molecule has 0 unspecified atom stereocenters. The van der Waals surface area contributed by atoms with E-state index in [0.717, 1.165) is 22.2 Å². The van der Waals surface area contributed by atoms with Crippen LogP contribution in [-0.2, 0) is 4.79 Å². The molecule has 0 saturated heterocycles. The Hall–Kier alpha value is -3.06. The lowest BCUT2D eigenvalue weighted by Gasteiger charge is -2.08. The number of benzene rings is 2. The van der Waals surface area contributed by atoms with E-state index in [0.29, 0.717) is 23.8 Å². The van der Waals surface area contributed by atoms with Crippen LogP contribution in [0.5, 0.6) is 5.75 Å². The molecule has 0 saturated carbocycles. The predicted octanol–water partition coefficient (Wildman–Crippen LogP) is 3.97. The molecule has 0 radical (unpaired) electrons. The summed E-state index contributed by atoms with van der Waals surface area (Å²) in [6.07, 6.45) is 1.50. The smallest absolute Gasteiger partial charge is 0.230 e. The molecule has 2 aromatic carbocycles. The van der Waals surface area contributed by atoms with Gasteiger partial charge in [-0.15, -0.1) is 0 Å². The van der Waals surface area contributed by atoms with E-state index in [4.69, 9.17) is 9.15 Å². The Kier molecular flexibility index (Phi) is 5.43. The fraction of sp³-hybridized carbons (Fsp3) is 0.190. The summed E-state index contributed by atoms with van der Waals surface area (Å²) in [5.74, 6) is 0.955. The van der Waals surface area contributed by atoms with Crippen molar-refractivity contribution in [3.63, 3.8) is 0 Å². The third-order valence-corrected chi connectivity index (χ3v) is 5.15. The van der Waals surface area contributed by atoms with Gasteiger partial charge >= 0.3 is 0 Å². The predicted molar refractivity (Wildman–Crippen MR) is 110 cm³/mol. The molecule has 0 fully saturated rings. The Morgan fingerprint density at radius 2 is 1.96 bits per heavy atom. The van der Waals surface area contributed by atoms with Gasteiger partial charge in [0.2, 0.25) is 5.91 Å². The fourth-order valence-corrected chi connectivity index (χ4v) is 3.55. The van der Waals surface area contributed by atoms with Gasteiger partial charge in [-0.25, -0.2) is 9.97 Å². The molecule has 0 aliphatic carbocycles. The number of aromatic nitrogens is 2. The normalized spacial score (nSPS) is 11.0. The van der Waals surface area contributed by atoms with Gasteiger partial charge in [0.05, 0.1) is 12.3 Å². The highest BCUT2D eigenvalue weighted by atomic mass is 32.2. The Balaban J connectivity index is 1.30. The fourth-order valence-electron chi connectivity index (χ4n) is 2.78. The zero-order valence-electron chi connectivity index (χ0n) is 15.3. The topological polar surface area (TPSA) is 77.2 Å². The maximum Gasteiger partial charge on any atom is 0.230 e. The van der Waals surface area contributed by atoms with Crippen LogP contribution < -0.4 is 10.1 Å². The first-order valence-electron chi connectivity index (χ1n) is 8.92. The molecule has 2 heterocycles. The van der Waals surface area contributed by atoms with Crippen molar-refractivity contribution in [2.24, 2.45) is 0 Å². The van der Waals surface area contributed by atoms with Crippen LogP contribution in [0.25, 0.3) is 22.1 Å². The minimum Gasteiger partial charge on any atom is -0.492 e. The van der Waals surface area contributed by atoms with E-state index in [-0.39, 0.29) is 11.7 Å². The summed E-state index contributed by atoms with van der Waals surface area (Å²) >= 11 is 1.33. The molecule has 6 nitrogen and oxygen atoms in total. The van der Waals surface area contributed by atoms with Gasteiger partial charge < -0.3 is 14.5 Å². The zero-order valence-corrected chi connectivity index (χ0v) is 16.2. The Morgan fingerprint density at radius 3 is 2.82 bits per heavy atom. The minimum absolute atomic E-state index is 0.0830. The summed E-state index contributed by atoms with van der Waals surface area (Å²) in [6.45, 7) is 2.89. The first-order chi connectivity index (χ1) is 13.7. The molecule has 0 spiro atoms. The Morgan fingerprint density at radius 1 is 1.14 bits per heavy atom. The van der Waals surface area contributed by atoms with Crippen molar-refractivity contribution in [3.8, 4) is 5.75 Å². The van der Waals surface area contributed by atoms with Crippen molar-refractivity contribution in [2.45, 2.75) is 11.9 Å². The van der Waals surface area contributed by atoms with Gasteiger partial charge in [0.25, 0.3) is 0 Å². The van der Waals surface area contributed by atoms with Crippen LogP contribution in [0.1, 0.15) is 5.56 Å². The van der Waals surface area contributed by atoms with Gasteiger partial charge in [0, 0.05) is 5.39 Å². The summed E-state index contributed by atoms with van der Waals surface area (Å²) < 4.78 is 11.5. The number of nitrogens with zero attached hydrogens (tertiary/aromatic N) is 2. The van der Waals surface area contributed by atoms with E-state index >= 15 is 0 Å². The number of hydrogen-bond acceptors (Lipinski definition) is 6. The molecule has 0 bridgehead atoms. The number of para-hydroxylation sites is 1. The van der Waals surface area contributed by atoms with Crippen molar-refractivity contribution in [1.29, 1.82) is 0 Å². The van der Waals surface area contributed by atoms with E-state index in [9.17, 15) is 4.79 Å². The molecule has 7 heteroatoms. The first kappa shape index (κ1) is 18.3. The van der Waals surface area contributed by atoms with Crippen LogP contribution in [-0.4, -0.2) is 34.8 Å². The van der Waals surface area contributed by atoms with E-state index in [1.807, 2.05) is 55.5 Å². The molecule has 4 aromatic rings. The second-order valence-electron chi connectivity index (χ2n) is 6.25. The average molecular weight is 393 g/mol. The van der Waals surface area contributed by atoms with Crippen LogP contribution in [0.4, 0.5) is 0 Å². The Labute approximate surface area is 166 Å². The molecule has 4 rings (SSSR count). The van der Waals surface area contributed by atoms with Crippen LogP contribution in [0, 0.1) is 6.92 Å². The van der Waals surface area contributed by atoms with Gasteiger partial charge in [0.1, 0.15) is 34.8 Å². The quantitative estimate of drug-likeness (QED) is 0.291. The monoisotopic (exact) mass is 393 g/mol. The van der Waals surface area contributed by atoms with Crippen molar-refractivity contribution < 1.29 is 13.9 Å². The number of nitrogens with one attached hydrogen (secondary N) is 1. The Bertz CT molecular complexity index is 1110. The van der Waals surface area contributed by atoms with Crippen LogP contribution in [0.15, 0.2) is 64.3 Å². The van der Waals surface area contributed by atoms with Gasteiger partial charge in [0.15, 0.2) is 5.58 Å². The highest BCUT2D eigenvalue weighted by molar-refractivity contribution is 8.00. The van der Waals surface area contributed by atoms with Crippen molar-refractivity contribution in [3.05, 3.63) is 60.4 Å². The second kappa shape index (κ2) is 8.31. The third kappa shape index (κ3) is 4.09. The average Bonchev–Trinajstić information content (AvgIpc) is 3.10. The van der Waals surface area contributed by atoms with Crippen LogP contribution >= 0.6 is 11.8 Å². The van der Waals surface area contributed by atoms with Gasteiger partial charge in [-0.1, -0.05) is 41.6 Å². The van der Waals surface area contributed by atoms with Crippen molar-refractivity contribution in [2.75, 3.05) is 18.9 Å². The number of hydrogen-bond donors (Lipinski definition) is 1. The SMILES string of the molecule is Cc1ccc(OCCNC(=O)CSc2ncnc3c2oc2ccccc23)cc1. The highest BCUT2D eigenvalue weighted by Crippen LogP contribution is 2.32. The number of carbonyl (C=O) groups excluding carboxylic acids is 1. The highest BCUT2D eigenvalue weighted by Gasteiger charge is 2.14. The van der Waals surface area contributed by atoms with Crippen molar-refractivity contribution >= 4 is 39.7 Å². The molecular formula is C21H19N3O3S. The van der Waals surface area contributed by atoms with Gasteiger partial charge in [-0.3, -0.25) is 4.79 Å². The largest absolute Gasteiger partial charge is 0.492 e. The number of rotatable bonds is 7. The van der Waals surface area contributed by atoms with Crippen LogP contribution in [0.3, 0.4) is 0 Å². The lowest BCUT2D eigenvalue weighted by atomic mass is 10.2. The summed E-state index contributed by atoms with van der Waals surface area (Å²) in [5, 5.41) is 4.45. The molecular weight excluding hydrogens is 374 g/mol. The molecule has 0 aliphatic rings. The van der Waals surface area contributed by atoms with E-state index < -0.39 is 0 Å². The van der Waals surface area contributed by atoms with E-state index in [1.54, 1.807) is 0 Å². The lowest BCUT2D eigenvalue weighted by molar-refractivity contribution is -0.118. The molecule has 28 heavy (non-hydrogen) atoms. The molecule has 1 amide bonds. The first-order valence-corrected chi connectivity index (χ1v) is 9.90. The maximum atomic E-state index is 12.1. The van der Waals surface area contributed by atoms with E-state index in [2.05, 4.69) is 15.3 Å². The van der Waals surface area contributed by atoms with Gasteiger partial charge in [-0.2, -0.15) is 0 Å². The number of fused-ring (bicyclic) bond motifs is 3. The minimum atomic E-state index is -0.0830. The molecule has 0 aliphatic heterocycles. The molecule has 0 atom stereocenters. The maximum absolute atomic E-state index is 12.1. The lowest BCUT2D eigenvalue weighted by Crippen LogP contribution is -2.29. The molecule has 2 aromatic heterocycles. The van der Waals surface area contributed by atoms with E-state index in [1.165, 1.54) is 23.7 Å².